The van der Waals surface area contributed by atoms with Crippen molar-refractivity contribution in [1.29, 1.82) is 0 Å². The summed E-state index contributed by atoms with van der Waals surface area (Å²) in [6.07, 6.45) is 2.09. The summed E-state index contributed by atoms with van der Waals surface area (Å²) >= 11 is 0. The van der Waals surface area contributed by atoms with Crippen molar-refractivity contribution in [3.63, 3.8) is 0 Å². The van der Waals surface area contributed by atoms with E-state index in [1.54, 1.807) is 0 Å². The Morgan fingerprint density at radius 3 is 2.65 bits per heavy atom. The van der Waals surface area contributed by atoms with Gasteiger partial charge in [-0.25, -0.2) is 4.98 Å². The van der Waals surface area contributed by atoms with Crippen LogP contribution in [0.15, 0.2) is 18.3 Å². The average Bonchev–Trinajstić information content (AvgIpc) is 2.75. The van der Waals surface area contributed by atoms with Crippen LogP contribution < -0.4 is 10.2 Å². The van der Waals surface area contributed by atoms with Crippen molar-refractivity contribution >= 4 is 16.9 Å². The topological polar surface area (TPSA) is 44.0 Å². The van der Waals surface area contributed by atoms with Crippen LogP contribution >= 0.6 is 0 Å². The van der Waals surface area contributed by atoms with E-state index in [2.05, 4.69) is 61.2 Å². The third-order valence-corrected chi connectivity index (χ3v) is 3.93. The quantitative estimate of drug-likeness (QED) is 0.899. The van der Waals surface area contributed by atoms with Gasteiger partial charge in [-0.05, 0) is 23.6 Å². The van der Waals surface area contributed by atoms with Gasteiger partial charge in [0.25, 0.3) is 0 Å². The van der Waals surface area contributed by atoms with Gasteiger partial charge in [0.15, 0.2) is 0 Å². The minimum Gasteiger partial charge on any atom is -0.360 e. The number of fused-ring (bicyclic) bond motifs is 1. The molecule has 0 radical (unpaired) electrons. The Morgan fingerprint density at radius 1 is 1.25 bits per heavy atom. The molecule has 0 unspecified atom stereocenters. The fourth-order valence-corrected chi connectivity index (χ4v) is 2.87. The number of hydrogen-bond acceptors (Lipinski definition) is 3. The zero-order valence-electron chi connectivity index (χ0n) is 12.8. The first-order valence-corrected chi connectivity index (χ1v) is 7.53. The molecule has 0 atom stereocenters. The van der Waals surface area contributed by atoms with Crippen LogP contribution in [0.2, 0.25) is 0 Å². The second kappa shape index (κ2) is 5.09. The Bertz CT molecular complexity index is 594. The molecule has 20 heavy (non-hydrogen) atoms. The minimum atomic E-state index is 0.498. The smallest absolute Gasteiger partial charge is 0.129 e. The second-order valence-corrected chi connectivity index (χ2v) is 6.39. The van der Waals surface area contributed by atoms with Gasteiger partial charge < -0.3 is 15.2 Å². The largest absolute Gasteiger partial charge is 0.360 e. The van der Waals surface area contributed by atoms with Gasteiger partial charge in [0, 0.05) is 31.4 Å². The van der Waals surface area contributed by atoms with Crippen LogP contribution in [-0.4, -0.2) is 35.1 Å². The highest BCUT2D eigenvalue weighted by atomic mass is 15.3. The summed E-state index contributed by atoms with van der Waals surface area (Å²) in [5.41, 5.74) is 3.56. The van der Waals surface area contributed by atoms with E-state index in [9.17, 15) is 0 Å². The van der Waals surface area contributed by atoms with Crippen molar-refractivity contribution in [3.8, 4) is 0 Å². The van der Waals surface area contributed by atoms with Crippen molar-refractivity contribution in [3.05, 3.63) is 23.9 Å². The molecule has 2 aromatic heterocycles. The van der Waals surface area contributed by atoms with E-state index in [-0.39, 0.29) is 0 Å². The fraction of sp³-hybridized carbons (Fsp3) is 0.562. The molecular formula is C16H24N4. The van der Waals surface area contributed by atoms with Gasteiger partial charge in [0.2, 0.25) is 0 Å². The molecule has 0 saturated carbocycles. The number of aromatic amines is 1. The molecule has 0 bridgehead atoms. The van der Waals surface area contributed by atoms with E-state index in [0.29, 0.717) is 18.0 Å². The lowest BCUT2D eigenvalue weighted by molar-refractivity contribution is 0.387. The second-order valence-electron chi connectivity index (χ2n) is 6.39. The van der Waals surface area contributed by atoms with E-state index in [1.807, 2.05) is 0 Å². The average molecular weight is 272 g/mol. The Kier molecular flexibility index (Phi) is 3.42. The number of pyridine rings is 1. The van der Waals surface area contributed by atoms with Crippen LogP contribution in [0, 0.1) is 0 Å². The molecule has 0 aromatic carbocycles. The van der Waals surface area contributed by atoms with Crippen molar-refractivity contribution in [1.82, 2.24) is 15.3 Å². The summed E-state index contributed by atoms with van der Waals surface area (Å²) < 4.78 is 0. The molecule has 3 heterocycles. The summed E-state index contributed by atoms with van der Waals surface area (Å²) in [5.74, 6) is 1.60. The number of nitrogens with zero attached hydrogens (tertiary/aromatic N) is 2. The molecule has 0 amide bonds. The molecule has 4 heteroatoms. The molecule has 2 aromatic rings. The van der Waals surface area contributed by atoms with Gasteiger partial charge >= 0.3 is 0 Å². The lowest BCUT2D eigenvalue weighted by atomic mass is 10.1. The minimum absolute atomic E-state index is 0.498. The highest BCUT2D eigenvalue weighted by Gasteiger charge is 2.28. The van der Waals surface area contributed by atoms with Crippen LogP contribution in [0.4, 0.5) is 5.82 Å². The summed E-state index contributed by atoms with van der Waals surface area (Å²) in [5, 5.41) is 3.57. The molecule has 1 saturated heterocycles. The summed E-state index contributed by atoms with van der Waals surface area (Å²) in [6, 6.07) is 5.42. The maximum absolute atomic E-state index is 4.86. The fourth-order valence-electron chi connectivity index (χ4n) is 2.87. The zero-order chi connectivity index (χ0) is 14.3. The monoisotopic (exact) mass is 272 g/mol. The molecule has 1 fully saturated rings. The number of rotatable bonds is 4. The van der Waals surface area contributed by atoms with E-state index in [1.165, 1.54) is 5.56 Å². The molecule has 0 spiro atoms. The number of nitrogens with one attached hydrogen (secondary N) is 2. The Morgan fingerprint density at radius 2 is 2.00 bits per heavy atom. The van der Waals surface area contributed by atoms with Crippen LogP contribution in [0.5, 0.6) is 0 Å². The van der Waals surface area contributed by atoms with Crippen LogP contribution in [0.3, 0.4) is 0 Å². The van der Waals surface area contributed by atoms with Gasteiger partial charge in [-0.15, -0.1) is 0 Å². The predicted molar refractivity (Wildman–Crippen MR) is 84.5 cm³/mol. The number of anilines is 1. The van der Waals surface area contributed by atoms with Crippen molar-refractivity contribution < 1.29 is 0 Å². The third kappa shape index (κ3) is 2.40. The third-order valence-electron chi connectivity index (χ3n) is 3.93. The van der Waals surface area contributed by atoms with Gasteiger partial charge in [0.1, 0.15) is 5.82 Å². The maximum Gasteiger partial charge on any atom is 0.129 e. The number of aromatic nitrogens is 2. The van der Waals surface area contributed by atoms with Crippen LogP contribution in [-0.2, 0) is 0 Å². The van der Waals surface area contributed by atoms with E-state index < -0.39 is 0 Å². The molecule has 3 rings (SSSR count). The zero-order valence-corrected chi connectivity index (χ0v) is 12.8. The molecule has 1 aliphatic heterocycles. The standard InChI is InChI=1S/C16H24N4/c1-10(2)13-7-17-14-5-6-15(19-16(13)14)20-8-12(9-20)18-11(3)4/h5-7,10-12,17-18H,8-9H2,1-4H3. The van der Waals surface area contributed by atoms with Crippen molar-refractivity contribution in [2.24, 2.45) is 0 Å². The Balaban J connectivity index is 1.78. The Labute approximate surface area is 120 Å². The highest BCUT2D eigenvalue weighted by molar-refractivity contribution is 5.81. The number of hydrogen-bond donors (Lipinski definition) is 2. The summed E-state index contributed by atoms with van der Waals surface area (Å²) in [7, 11) is 0. The molecule has 108 valence electrons. The van der Waals surface area contributed by atoms with Crippen molar-refractivity contribution in [2.45, 2.75) is 45.7 Å². The first kappa shape index (κ1) is 13.4. The van der Waals surface area contributed by atoms with Crippen LogP contribution in [0.1, 0.15) is 39.2 Å². The molecule has 4 nitrogen and oxygen atoms in total. The first-order chi connectivity index (χ1) is 9.54. The molecule has 0 aliphatic carbocycles. The summed E-state index contributed by atoms with van der Waals surface area (Å²) in [6.45, 7) is 10.9. The molecule has 1 aliphatic rings. The lowest BCUT2D eigenvalue weighted by Gasteiger charge is -2.41. The van der Waals surface area contributed by atoms with E-state index in [4.69, 9.17) is 4.98 Å². The first-order valence-electron chi connectivity index (χ1n) is 7.53. The lowest BCUT2D eigenvalue weighted by Crippen LogP contribution is -2.59. The molecular weight excluding hydrogens is 248 g/mol. The maximum atomic E-state index is 4.86. The van der Waals surface area contributed by atoms with Crippen LogP contribution in [0.25, 0.3) is 11.0 Å². The van der Waals surface area contributed by atoms with Gasteiger partial charge in [0.05, 0.1) is 11.0 Å². The van der Waals surface area contributed by atoms with Gasteiger partial charge in [-0.2, -0.15) is 0 Å². The Hall–Kier alpha value is -1.55. The van der Waals surface area contributed by atoms with Gasteiger partial charge in [-0.1, -0.05) is 27.7 Å². The van der Waals surface area contributed by atoms with E-state index in [0.717, 1.165) is 29.9 Å². The molecule has 2 N–H and O–H groups in total. The summed E-state index contributed by atoms with van der Waals surface area (Å²) in [4.78, 5) is 10.5. The van der Waals surface area contributed by atoms with Gasteiger partial charge in [-0.3, -0.25) is 0 Å². The highest BCUT2D eigenvalue weighted by Crippen LogP contribution is 2.27. The predicted octanol–water partition coefficient (Wildman–Crippen LogP) is 2.87. The van der Waals surface area contributed by atoms with E-state index >= 15 is 0 Å². The number of H-pyrrole nitrogens is 1. The van der Waals surface area contributed by atoms with Crippen molar-refractivity contribution in [2.75, 3.05) is 18.0 Å². The SMILES string of the molecule is CC(C)NC1CN(c2ccc3[nH]cc(C(C)C)c3n2)C1. The normalized spacial score (nSPS) is 16.4.